The number of rotatable bonds is 3. The largest absolute Gasteiger partial charge is 0.487 e. The van der Waals surface area contributed by atoms with Crippen molar-refractivity contribution in [2.24, 2.45) is 5.73 Å². The highest BCUT2D eigenvalue weighted by Gasteiger charge is 2.32. The van der Waals surface area contributed by atoms with E-state index in [1.54, 1.807) is 0 Å². The van der Waals surface area contributed by atoms with E-state index < -0.39 is 11.7 Å². The summed E-state index contributed by atoms with van der Waals surface area (Å²) >= 11 is 0. The summed E-state index contributed by atoms with van der Waals surface area (Å²) in [5.41, 5.74) is 7.13. The summed E-state index contributed by atoms with van der Waals surface area (Å²) in [6.07, 6.45) is -3.72. The summed E-state index contributed by atoms with van der Waals surface area (Å²) < 4.78 is 44.9. The van der Waals surface area contributed by atoms with Gasteiger partial charge in [0.1, 0.15) is 12.4 Å². The molecule has 1 aliphatic rings. The van der Waals surface area contributed by atoms with E-state index >= 15 is 0 Å². The number of anilines is 2. The summed E-state index contributed by atoms with van der Waals surface area (Å²) in [4.78, 5) is 1.86. The maximum Gasteiger partial charge on any atom is 0.416 e. The van der Waals surface area contributed by atoms with E-state index in [4.69, 9.17) is 10.5 Å². The number of hydrogen-bond acceptors (Lipinski definition) is 3. The van der Waals surface area contributed by atoms with Crippen LogP contribution in [0.5, 0.6) is 5.75 Å². The van der Waals surface area contributed by atoms with Crippen molar-refractivity contribution >= 4 is 11.4 Å². The number of halogens is 3. The smallest absolute Gasteiger partial charge is 0.416 e. The Morgan fingerprint density at radius 3 is 2.61 bits per heavy atom. The van der Waals surface area contributed by atoms with E-state index in [-0.39, 0.29) is 0 Å². The van der Waals surface area contributed by atoms with Crippen LogP contribution in [-0.2, 0) is 12.8 Å². The van der Waals surface area contributed by atoms with Crippen molar-refractivity contribution in [3.05, 3.63) is 53.6 Å². The lowest BCUT2D eigenvalue weighted by Crippen LogP contribution is -2.22. The highest BCUT2D eigenvalue weighted by atomic mass is 19.4. The zero-order valence-corrected chi connectivity index (χ0v) is 12.4. The van der Waals surface area contributed by atoms with Crippen molar-refractivity contribution in [2.45, 2.75) is 19.2 Å². The zero-order valence-electron chi connectivity index (χ0n) is 12.4. The van der Waals surface area contributed by atoms with Gasteiger partial charge in [-0.15, -0.1) is 0 Å². The second-order valence-corrected chi connectivity index (χ2v) is 5.39. The van der Waals surface area contributed by atoms with Crippen molar-refractivity contribution in [3.8, 4) is 5.75 Å². The second-order valence-electron chi connectivity index (χ2n) is 5.39. The fourth-order valence-electron chi connectivity index (χ4n) is 2.70. The van der Waals surface area contributed by atoms with Gasteiger partial charge in [-0.05, 0) is 37.2 Å². The molecule has 0 spiro atoms. The number of fused-ring (bicyclic) bond motifs is 2. The molecule has 0 amide bonds. The standard InChI is InChI=1S/C17H17F3N2O/c18-17(19,20)13-6-7-16-15(10-13)22(9-3-8-21)14-5-2-1-4-12(14)11-23-16/h1-2,4-7,10H,3,8-9,11,21H2. The fourth-order valence-corrected chi connectivity index (χ4v) is 2.70. The number of para-hydroxylation sites is 1. The summed E-state index contributed by atoms with van der Waals surface area (Å²) in [5.74, 6) is 0.450. The third-order valence-corrected chi connectivity index (χ3v) is 3.83. The molecule has 3 nitrogen and oxygen atoms in total. The Morgan fingerprint density at radius 2 is 1.87 bits per heavy atom. The lowest BCUT2D eigenvalue weighted by Gasteiger charge is -2.26. The Bertz CT molecular complexity index is 700. The van der Waals surface area contributed by atoms with Gasteiger partial charge in [0.2, 0.25) is 0 Å². The SMILES string of the molecule is NCCCN1c2ccccc2COc2ccc(C(F)(F)F)cc21. The quantitative estimate of drug-likeness (QED) is 0.925. The molecular formula is C17H17F3N2O. The van der Waals surface area contributed by atoms with E-state index in [0.29, 0.717) is 37.6 Å². The molecule has 3 rings (SSSR count). The van der Waals surface area contributed by atoms with Crippen LogP contribution in [0.1, 0.15) is 17.5 Å². The number of nitrogens with zero attached hydrogens (tertiary/aromatic N) is 1. The Kier molecular flexibility index (Phi) is 4.17. The number of ether oxygens (including phenoxy) is 1. The average Bonchev–Trinajstić information content (AvgIpc) is 2.68. The van der Waals surface area contributed by atoms with Crippen LogP contribution in [0.3, 0.4) is 0 Å². The maximum atomic E-state index is 13.1. The van der Waals surface area contributed by atoms with Crippen molar-refractivity contribution in [1.29, 1.82) is 0 Å². The molecule has 6 heteroatoms. The summed E-state index contributed by atoms with van der Waals surface area (Å²) in [5, 5.41) is 0. The minimum atomic E-state index is -4.39. The summed E-state index contributed by atoms with van der Waals surface area (Å²) in [6, 6.07) is 11.2. The minimum absolute atomic E-state index is 0.327. The molecule has 0 radical (unpaired) electrons. The number of alkyl halides is 3. The first kappa shape index (κ1) is 15.7. The molecule has 0 atom stereocenters. The first-order valence-electron chi connectivity index (χ1n) is 7.40. The van der Waals surface area contributed by atoms with E-state index in [2.05, 4.69) is 0 Å². The third-order valence-electron chi connectivity index (χ3n) is 3.83. The third kappa shape index (κ3) is 3.12. The van der Waals surface area contributed by atoms with Gasteiger partial charge in [-0.2, -0.15) is 13.2 Å². The Labute approximate surface area is 132 Å². The van der Waals surface area contributed by atoms with Gasteiger partial charge in [0.25, 0.3) is 0 Å². The molecule has 2 N–H and O–H groups in total. The highest BCUT2D eigenvalue weighted by molar-refractivity contribution is 5.73. The fraction of sp³-hybridized carbons (Fsp3) is 0.294. The molecule has 0 aromatic heterocycles. The number of benzene rings is 2. The molecule has 1 aliphatic heterocycles. The molecule has 23 heavy (non-hydrogen) atoms. The Morgan fingerprint density at radius 1 is 1.09 bits per heavy atom. The predicted molar refractivity (Wildman–Crippen MR) is 82.9 cm³/mol. The van der Waals surface area contributed by atoms with Crippen LogP contribution >= 0.6 is 0 Å². The summed E-state index contributed by atoms with van der Waals surface area (Å²) in [7, 11) is 0. The molecule has 0 saturated carbocycles. The van der Waals surface area contributed by atoms with Crippen molar-refractivity contribution in [1.82, 2.24) is 0 Å². The van der Waals surface area contributed by atoms with Gasteiger partial charge < -0.3 is 15.4 Å². The van der Waals surface area contributed by atoms with E-state index in [9.17, 15) is 13.2 Å². The Balaban J connectivity index is 2.12. The lowest BCUT2D eigenvalue weighted by atomic mass is 10.1. The molecule has 2 aromatic rings. The minimum Gasteiger partial charge on any atom is -0.487 e. The molecule has 2 aromatic carbocycles. The van der Waals surface area contributed by atoms with E-state index in [1.807, 2.05) is 29.2 Å². The van der Waals surface area contributed by atoms with Gasteiger partial charge in [-0.25, -0.2) is 0 Å². The van der Waals surface area contributed by atoms with Gasteiger partial charge in [-0.3, -0.25) is 0 Å². The van der Waals surface area contributed by atoms with Crippen LogP contribution in [0.2, 0.25) is 0 Å². The normalized spacial score (nSPS) is 13.8. The monoisotopic (exact) mass is 322 g/mol. The van der Waals surface area contributed by atoms with Gasteiger partial charge in [0, 0.05) is 17.8 Å². The zero-order chi connectivity index (χ0) is 16.4. The first-order chi connectivity index (χ1) is 11.0. The van der Waals surface area contributed by atoms with Gasteiger partial charge in [-0.1, -0.05) is 18.2 Å². The molecule has 0 fully saturated rings. The second kappa shape index (κ2) is 6.12. The number of nitrogens with two attached hydrogens (primary N) is 1. The van der Waals surface area contributed by atoms with Crippen LogP contribution in [-0.4, -0.2) is 13.1 Å². The topological polar surface area (TPSA) is 38.5 Å². The lowest BCUT2D eigenvalue weighted by molar-refractivity contribution is -0.137. The molecule has 0 bridgehead atoms. The van der Waals surface area contributed by atoms with Crippen LogP contribution < -0.4 is 15.4 Å². The van der Waals surface area contributed by atoms with Crippen molar-refractivity contribution in [2.75, 3.05) is 18.0 Å². The number of hydrogen-bond donors (Lipinski definition) is 1. The highest BCUT2D eigenvalue weighted by Crippen LogP contribution is 2.42. The van der Waals surface area contributed by atoms with E-state index in [1.165, 1.54) is 6.07 Å². The maximum absolute atomic E-state index is 13.1. The average molecular weight is 322 g/mol. The first-order valence-corrected chi connectivity index (χ1v) is 7.40. The molecule has 0 saturated heterocycles. The van der Waals surface area contributed by atoms with Gasteiger partial charge in [0.15, 0.2) is 0 Å². The van der Waals surface area contributed by atoms with Crippen molar-refractivity contribution in [3.63, 3.8) is 0 Å². The molecule has 122 valence electrons. The molecular weight excluding hydrogens is 305 g/mol. The molecule has 0 aliphatic carbocycles. The van der Waals surface area contributed by atoms with Crippen LogP contribution in [0.25, 0.3) is 0 Å². The van der Waals surface area contributed by atoms with Crippen molar-refractivity contribution < 1.29 is 17.9 Å². The molecule has 1 heterocycles. The summed E-state index contributed by atoms with van der Waals surface area (Å²) in [6.45, 7) is 1.33. The van der Waals surface area contributed by atoms with Crippen LogP contribution in [0.4, 0.5) is 24.5 Å². The van der Waals surface area contributed by atoms with Gasteiger partial charge in [0.05, 0.1) is 11.3 Å². The van der Waals surface area contributed by atoms with Gasteiger partial charge >= 0.3 is 6.18 Å². The van der Waals surface area contributed by atoms with Crippen LogP contribution in [0, 0.1) is 0 Å². The predicted octanol–water partition coefficient (Wildman–Crippen LogP) is 4.08. The Hall–Kier alpha value is -2.21. The van der Waals surface area contributed by atoms with Crippen LogP contribution in [0.15, 0.2) is 42.5 Å². The molecule has 0 unspecified atom stereocenters. The van der Waals surface area contributed by atoms with E-state index in [0.717, 1.165) is 23.4 Å².